The molecule has 0 aromatic heterocycles. The molecule has 0 fully saturated rings. The third-order valence-electron chi connectivity index (χ3n) is 3.65. The summed E-state index contributed by atoms with van der Waals surface area (Å²) in [6, 6.07) is 7.68. The van der Waals surface area contributed by atoms with Gasteiger partial charge in [-0.05, 0) is 57.2 Å². The molecule has 0 aliphatic heterocycles. The first-order chi connectivity index (χ1) is 12.4. The Morgan fingerprint density at radius 3 is 2.35 bits per heavy atom. The van der Waals surface area contributed by atoms with Gasteiger partial charge in [-0.3, -0.25) is 0 Å². The third-order valence-corrected chi connectivity index (χ3v) is 3.65. The van der Waals surface area contributed by atoms with Crippen LogP contribution in [-0.4, -0.2) is 31.1 Å². The van der Waals surface area contributed by atoms with Crippen LogP contribution in [0.3, 0.4) is 0 Å². The first kappa shape index (κ1) is 21.8. The molecule has 6 heteroatoms. The van der Waals surface area contributed by atoms with Crippen LogP contribution >= 0.6 is 0 Å². The molecule has 0 radical (unpaired) electrons. The number of guanidine groups is 1. The summed E-state index contributed by atoms with van der Waals surface area (Å²) in [6.45, 7) is 12.8. The van der Waals surface area contributed by atoms with Crippen molar-refractivity contribution < 1.29 is 4.79 Å². The van der Waals surface area contributed by atoms with E-state index in [1.54, 1.807) is 0 Å². The summed E-state index contributed by atoms with van der Waals surface area (Å²) in [5.41, 5.74) is 1.87. The highest BCUT2D eigenvalue weighted by atomic mass is 16.2. The Morgan fingerprint density at radius 2 is 1.77 bits per heavy atom. The Morgan fingerprint density at radius 1 is 1.08 bits per heavy atom. The number of carbonyl (C=O) groups excluding carboxylic acids is 1. The molecule has 0 unspecified atom stereocenters. The molecule has 0 spiro atoms. The van der Waals surface area contributed by atoms with Crippen molar-refractivity contribution in [2.75, 3.05) is 18.4 Å². The van der Waals surface area contributed by atoms with E-state index in [0.29, 0.717) is 6.54 Å². The number of urea groups is 1. The van der Waals surface area contributed by atoms with E-state index in [9.17, 15) is 4.79 Å². The number of benzene rings is 1. The van der Waals surface area contributed by atoms with E-state index < -0.39 is 0 Å². The molecule has 1 aromatic carbocycles. The summed E-state index contributed by atoms with van der Waals surface area (Å²) in [4.78, 5) is 16.3. The van der Waals surface area contributed by atoms with Crippen molar-refractivity contribution in [3.8, 4) is 0 Å². The largest absolute Gasteiger partial charge is 0.357 e. The number of amides is 2. The fraction of sp³-hybridized carbons (Fsp3) is 0.600. The van der Waals surface area contributed by atoms with Crippen molar-refractivity contribution in [1.82, 2.24) is 16.0 Å². The van der Waals surface area contributed by atoms with Crippen LogP contribution in [0.5, 0.6) is 0 Å². The molecule has 0 aliphatic rings. The molecule has 4 N–H and O–H groups in total. The van der Waals surface area contributed by atoms with Crippen LogP contribution in [0.25, 0.3) is 0 Å². The molecule has 146 valence electrons. The standard InChI is InChI=1S/C20H35N5O/c1-6-21-19(22-13-7-8-15(2)3)23-14-17-9-11-18(12-10-17)25-20(26)24-16(4)5/h9-12,15-16H,6-8,13-14H2,1-5H3,(H2,21,22,23)(H2,24,25,26). The van der Waals surface area contributed by atoms with Gasteiger partial charge in [-0.2, -0.15) is 0 Å². The Balaban J connectivity index is 2.51. The lowest BCUT2D eigenvalue weighted by atomic mass is 10.1. The van der Waals surface area contributed by atoms with Gasteiger partial charge in [0.1, 0.15) is 0 Å². The molecule has 0 saturated heterocycles. The van der Waals surface area contributed by atoms with Crippen LogP contribution in [0.2, 0.25) is 0 Å². The van der Waals surface area contributed by atoms with Gasteiger partial charge in [0.05, 0.1) is 6.54 Å². The van der Waals surface area contributed by atoms with Crippen molar-refractivity contribution in [1.29, 1.82) is 0 Å². The summed E-state index contributed by atoms with van der Waals surface area (Å²) in [5, 5.41) is 12.3. The summed E-state index contributed by atoms with van der Waals surface area (Å²) in [5.74, 6) is 1.57. The van der Waals surface area contributed by atoms with Gasteiger partial charge in [0.25, 0.3) is 0 Å². The molecule has 0 atom stereocenters. The van der Waals surface area contributed by atoms with E-state index in [-0.39, 0.29) is 12.1 Å². The van der Waals surface area contributed by atoms with E-state index in [4.69, 9.17) is 0 Å². The average molecular weight is 362 g/mol. The van der Waals surface area contributed by atoms with Crippen LogP contribution in [0.4, 0.5) is 10.5 Å². The van der Waals surface area contributed by atoms with Gasteiger partial charge in [0, 0.05) is 24.8 Å². The van der Waals surface area contributed by atoms with E-state index in [1.165, 1.54) is 6.42 Å². The number of rotatable bonds is 9. The second-order valence-corrected chi connectivity index (χ2v) is 7.11. The Hall–Kier alpha value is -2.24. The molecule has 1 aromatic rings. The van der Waals surface area contributed by atoms with Gasteiger partial charge >= 0.3 is 6.03 Å². The minimum atomic E-state index is -0.189. The summed E-state index contributed by atoms with van der Waals surface area (Å²) in [6.07, 6.45) is 2.35. The van der Waals surface area contributed by atoms with Crippen molar-refractivity contribution in [3.05, 3.63) is 29.8 Å². The smallest absolute Gasteiger partial charge is 0.319 e. The van der Waals surface area contributed by atoms with Gasteiger partial charge in [-0.25, -0.2) is 9.79 Å². The molecular formula is C20H35N5O. The van der Waals surface area contributed by atoms with Crippen LogP contribution < -0.4 is 21.3 Å². The molecule has 1 rings (SSSR count). The fourth-order valence-electron chi connectivity index (χ4n) is 2.35. The number of carbonyl (C=O) groups is 1. The average Bonchev–Trinajstić information content (AvgIpc) is 2.56. The highest BCUT2D eigenvalue weighted by Crippen LogP contribution is 2.10. The first-order valence-corrected chi connectivity index (χ1v) is 9.59. The number of nitrogens with one attached hydrogen (secondary N) is 4. The van der Waals surface area contributed by atoms with Crippen molar-refractivity contribution in [2.24, 2.45) is 10.9 Å². The zero-order valence-electron chi connectivity index (χ0n) is 16.9. The Kier molecular flexibility index (Phi) is 10.2. The van der Waals surface area contributed by atoms with Crippen molar-refractivity contribution >= 4 is 17.7 Å². The Bertz CT molecular complexity index is 552. The van der Waals surface area contributed by atoms with Crippen LogP contribution in [0.1, 0.15) is 53.0 Å². The lowest BCUT2D eigenvalue weighted by Crippen LogP contribution is -2.37. The van der Waals surface area contributed by atoms with Crippen LogP contribution in [0, 0.1) is 5.92 Å². The maximum absolute atomic E-state index is 11.7. The highest BCUT2D eigenvalue weighted by molar-refractivity contribution is 5.89. The molecule has 0 saturated carbocycles. The number of nitrogens with zero attached hydrogens (tertiary/aromatic N) is 1. The number of hydrogen-bond acceptors (Lipinski definition) is 2. The molecule has 0 bridgehead atoms. The monoisotopic (exact) mass is 361 g/mol. The lowest BCUT2D eigenvalue weighted by Gasteiger charge is -2.12. The molecule has 2 amide bonds. The lowest BCUT2D eigenvalue weighted by molar-refractivity contribution is 0.250. The van der Waals surface area contributed by atoms with Gasteiger partial charge < -0.3 is 21.3 Å². The molecule has 0 aliphatic carbocycles. The second kappa shape index (κ2) is 12.2. The predicted molar refractivity (Wildman–Crippen MR) is 111 cm³/mol. The topological polar surface area (TPSA) is 77.5 Å². The molecular weight excluding hydrogens is 326 g/mol. The zero-order chi connectivity index (χ0) is 19.4. The van der Waals surface area contributed by atoms with E-state index in [2.05, 4.69) is 47.0 Å². The molecule has 0 heterocycles. The SMILES string of the molecule is CCNC(=NCc1ccc(NC(=O)NC(C)C)cc1)NCCCC(C)C. The zero-order valence-corrected chi connectivity index (χ0v) is 16.9. The maximum atomic E-state index is 11.7. The molecule has 26 heavy (non-hydrogen) atoms. The van der Waals surface area contributed by atoms with Gasteiger partial charge in [-0.1, -0.05) is 26.0 Å². The van der Waals surface area contributed by atoms with Crippen LogP contribution in [-0.2, 0) is 6.54 Å². The van der Waals surface area contributed by atoms with E-state index in [0.717, 1.165) is 42.6 Å². The normalized spacial score (nSPS) is 11.6. The summed E-state index contributed by atoms with van der Waals surface area (Å²) >= 11 is 0. The summed E-state index contributed by atoms with van der Waals surface area (Å²) < 4.78 is 0. The minimum absolute atomic E-state index is 0.112. The first-order valence-electron chi connectivity index (χ1n) is 9.59. The Labute approximate surface area is 158 Å². The van der Waals surface area contributed by atoms with Crippen LogP contribution in [0.15, 0.2) is 29.3 Å². The second-order valence-electron chi connectivity index (χ2n) is 7.11. The van der Waals surface area contributed by atoms with E-state index in [1.807, 2.05) is 38.1 Å². The van der Waals surface area contributed by atoms with Gasteiger partial charge in [-0.15, -0.1) is 0 Å². The summed E-state index contributed by atoms with van der Waals surface area (Å²) in [7, 11) is 0. The quantitative estimate of drug-likeness (QED) is 0.308. The fourth-order valence-corrected chi connectivity index (χ4v) is 2.35. The predicted octanol–water partition coefficient (Wildman–Crippen LogP) is 3.71. The minimum Gasteiger partial charge on any atom is -0.357 e. The molecule has 6 nitrogen and oxygen atoms in total. The highest BCUT2D eigenvalue weighted by Gasteiger charge is 2.03. The number of aliphatic imine (C=N–C) groups is 1. The van der Waals surface area contributed by atoms with Crippen molar-refractivity contribution in [2.45, 2.75) is 60.0 Å². The van der Waals surface area contributed by atoms with Gasteiger partial charge in [0.2, 0.25) is 0 Å². The van der Waals surface area contributed by atoms with E-state index >= 15 is 0 Å². The number of anilines is 1. The van der Waals surface area contributed by atoms with Crippen molar-refractivity contribution in [3.63, 3.8) is 0 Å². The van der Waals surface area contributed by atoms with Gasteiger partial charge in [0.15, 0.2) is 5.96 Å². The third kappa shape index (κ3) is 9.91. The number of hydrogen-bond donors (Lipinski definition) is 4. The maximum Gasteiger partial charge on any atom is 0.319 e.